The maximum atomic E-state index is 11.5. The molecule has 2 heterocycles. The van der Waals surface area contributed by atoms with Gasteiger partial charge in [0.05, 0.1) is 33.5 Å². The third kappa shape index (κ3) is 7.84. The lowest BCUT2D eigenvalue weighted by atomic mass is 9.83. The summed E-state index contributed by atoms with van der Waals surface area (Å²) in [6.07, 6.45) is 1.57. The Morgan fingerprint density at radius 2 is 1.20 bits per heavy atom. The zero-order valence-electron chi connectivity index (χ0n) is 42.3. The summed E-state index contributed by atoms with van der Waals surface area (Å²) in [5, 5.41) is 11.5. The number of pyridine rings is 1. The number of hydrogen-bond acceptors (Lipinski definition) is 3. The molecule has 0 fully saturated rings. The molecule has 0 aliphatic carbocycles. The SMILES string of the molecule is [2H]c1c([2H])c(C([2H])([2H])[2H])c([2H])c([2H])c1-c1ccnc(-c2cc(-c3cccc4c3nc(-c3ccccc3O)n4-c3ccc(C(C)(C)C)cc3-c3ccc(C(C)(C)C)cc3)cc(C(C)(C)C)c2)c1. The third-order valence-corrected chi connectivity index (χ3v) is 11.1. The van der Waals surface area contributed by atoms with Gasteiger partial charge < -0.3 is 5.11 Å². The number of para-hydroxylation sites is 2. The first kappa shape index (κ1) is 31.7. The lowest BCUT2D eigenvalue weighted by molar-refractivity contribution is 0.477. The summed E-state index contributed by atoms with van der Waals surface area (Å²) >= 11 is 0. The van der Waals surface area contributed by atoms with Gasteiger partial charge in [0.1, 0.15) is 11.6 Å². The number of aromatic nitrogens is 3. The van der Waals surface area contributed by atoms with E-state index in [1.165, 1.54) is 11.1 Å². The van der Waals surface area contributed by atoms with Gasteiger partial charge in [0.25, 0.3) is 0 Å². The van der Waals surface area contributed by atoms with Crippen LogP contribution in [0.15, 0.2) is 146 Å². The van der Waals surface area contributed by atoms with Crippen LogP contribution in [0.4, 0.5) is 0 Å². The summed E-state index contributed by atoms with van der Waals surface area (Å²) in [7, 11) is 0. The average Bonchev–Trinajstić information content (AvgIpc) is 3.64. The summed E-state index contributed by atoms with van der Waals surface area (Å²) in [5.74, 6) is 0.688. The predicted molar refractivity (Wildman–Crippen MR) is 249 cm³/mol. The molecule has 4 heteroatoms. The fraction of sp³-hybridized carbons (Fsp3) is 0.236. The molecule has 0 atom stereocenters. The van der Waals surface area contributed by atoms with Crippen molar-refractivity contribution in [2.24, 2.45) is 0 Å². The van der Waals surface area contributed by atoms with E-state index in [0.29, 0.717) is 22.6 Å². The van der Waals surface area contributed by atoms with Crippen molar-refractivity contribution in [3.05, 3.63) is 168 Å². The smallest absolute Gasteiger partial charge is 0.149 e. The Hall–Kier alpha value is -6.26. The Morgan fingerprint density at radius 3 is 1.88 bits per heavy atom. The van der Waals surface area contributed by atoms with E-state index in [1.807, 2.05) is 24.3 Å². The Bertz CT molecular complexity index is 3150. The number of nitrogens with zero attached hydrogens (tertiary/aromatic N) is 3. The van der Waals surface area contributed by atoms with Crippen LogP contribution in [0.5, 0.6) is 5.75 Å². The zero-order valence-corrected chi connectivity index (χ0v) is 35.3. The maximum Gasteiger partial charge on any atom is 0.149 e. The molecule has 296 valence electrons. The highest BCUT2D eigenvalue weighted by Gasteiger charge is 2.25. The number of fused-ring (bicyclic) bond motifs is 1. The van der Waals surface area contributed by atoms with Gasteiger partial charge in [-0.25, -0.2) is 4.98 Å². The topological polar surface area (TPSA) is 50.9 Å². The van der Waals surface area contributed by atoms with Crippen LogP contribution >= 0.6 is 0 Å². The Kier molecular flexibility index (Phi) is 7.97. The molecular formula is C55H55N3O. The summed E-state index contributed by atoms with van der Waals surface area (Å²) in [6.45, 7) is 16.9. The minimum absolute atomic E-state index is 0.000832. The van der Waals surface area contributed by atoms with Crippen LogP contribution in [0.3, 0.4) is 0 Å². The van der Waals surface area contributed by atoms with Crippen LogP contribution in [0.25, 0.3) is 72.7 Å². The molecule has 0 saturated heterocycles. The van der Waals surface area contributed by atoms with E-state index in [0.717, 1.165) is 50.1 Å². The van der Waals surface area contributed by atoms with E-state index < -0.39 is 36.6 Å². The Labute approximate surface area is 360 Å². The molecule has 0 spiro atoms. The second-order valence-corrected chi connectivity index (χ2v) is 18.5. The standard InChI is InChI=1S/C55H55N3O/c1-35-18-20-36(21-19-35)38-28-29-56-47(33-38)40-30-39(31-43(32-40)55(8,9)10)44-15-13-16-49-51(44)57-52(45-14-11-12-17-50(45)59)58(49)48-27-26-42(54(5,6)7)34-46(48)37-22-24-41(25-23-37)53(2,3)4/h11-34,59H,1-10H3/i1D3,18D,19D,20D,21D. The number of phenolic OH excluding ortho intramolecular Hbond substituents is 1. The van der Waals surface area contributed by atoms with Crippen LogP contribution in [0, 0.1) is 6.85 Å². The van der Waals surface area contributed by atoms with Gasteiger partial charge in [-0.2, -0.15) is 0 Å². The van der Waals surface area contributed by atoms with Gasteiger partial charge >= 0.3 is 0 Å². The van der Waals surface area contributed by atoms with Crippen molar-refractivity contribution in [1.29, 1.82) is 0 Å². The number of aromatic hydroxyl groups is 1. The highest BCUT2D eigenvalue weighted by atomic mass is 16.3. The zero-order chi connectivity index (χ0) is 47.8. The Balaban J connectivity index is 1.37. The summed E-state index contributed by atoms with van der Waals surface area (Å²) in [4.78, 5) is 10.2. The summed E-state index contributed by atoms with van der Waals surface area (Å²) in [5.41, 5.74) is 10.9. The van der Waals surface area contributed by atoms with Crippen molar-refractivity contribution >= 4 is 11.0 Å². The van der Waals surface area contributed by atoms with Crippen molar-refractivity contribution in [3.63, 3.8) is 0 Å². The number of phenols is 1. The van der Waals surface area contributed by atoms with Gasteiger partial charge in [-0.3, -0.25) is 9.55 Å². The normalized spacial score (nSPS) is 14.2. The molecule has 0 bridgehead atoms. The summed E-state index contributed by atoms with van der Waals surface area (Å²) < 4.78 is 60.5. The molecule has 0 radical (unpaired) electrons. The van der Waals surface area contributed by atoms with Gasteiger partial charge in [0.15, 0.2) is 0 Å². The van der Waals surface area contributed by atoms with E-state index in [2.05, 4.69) is 134 Å². The van der Waals surface area contributed by atoms with Crippen molar-refractivity contribution < 1.29 is 14.7 Å². The van der Waals surface area contributed by atoms with Crippen LogP contribution in [-0.2, 0) is 16.2 Å². The van der Waals surface area contributed by atoms with Gasteiger partial charge in [-0.1, -0.05) is 153 Å². The van der Waals surface area contributed by atoms with Crippen LogP contribution in [0.1, 0.15) is 94.2 Å². The molecule has 1 N–H and O–H groups in total. The molecular weight excluding hydrogens is 719 g/mol. The van der Waals surface area contributed by atoms with Gasteiger partial charge in [-0.05, 0) is 117 Å². The number of benzene rings is 6. The second kappa shape index (κ2) is 14.8. The lowest BCUT2D eigenvalue weighted by Crippen LogP contribution is -2.12. The monoisotopic (exact) mass is 780 g/mol. The fourth-order valence-corrected chi connectivity index (χ4v) is 7.56. The number of rotatable bonds is 6. The molecule has 4 nitrogen and oxygen atoms in total. The first-order valence-corrected chi connectivity index (χ1v) is 20.1. The van der Waals surface area contributed by atoms with Crippen LogP contribution in [0.2, 0.25) is 0 Å². The highest BCUT2D eigenvalue weighted by molar-refractivity contribution is 5.97. The lowest BCUT2D eigenvalue weighted by Gasteiger charge is -2.24. The molecule has 2 aromatic heterocycles. The average molecular weight is 781 g/mol. The highest BCUT2D eigenvalue weighted by Crippen LogP contribution is 2.43. The Morgan fingerprint density at radius 1 is 0.542 bits per heavy atom. The maximum absolute atomic E-state index is 11.5. The van der Waals surface area contributed by atoms with Crippen LogP contribution in [-0.4, -0.2) is 19.6 Å². The van der Waals surface area contributed by atoms with Gasteiger partial charge in [0.2, 0.25) is 0 Å². The van der Waals surface area contributed by atoms with Crippen LogP contribution < -0.4 is 0 Å². The van der Waals surface area contributed by atoms with E-state index in [4.69, 9.17) is 19.6 Å². The molecule has 0 unspecified atom stereocenters. The molecule has 59 heavy (non-hydrogen) atoms. The van der Waals surface area contributed by atoms with E-state index >= 15 is 0 Å². The first-order chi connectivity index (χ1) is 30.8. The predicted octanol–water partition coefficient (Wildman–Crippen LogP) is 14.7. The number of hydrogen-bond donors (Lipinski definition) is 1. The van der Waals surface area contributed by atoms with Gasteiger partial charge in [-0.15, -0.1) is 0 Å². The minimum Gasteiger partial charge on any atom is -0.507 e. The third-order valence-electron chi connectivity index (χ3n) is 11.1. The van der Waals surface area contributed by atoms with E-state index in [-0.39, 0.29) is 27.6 Å². The summed E-state index contributed by atoms with van der Waals surface area (Å²) in [6, 6.07) is 36.4. The molecule has 8 aromatic rings. The van der Waals surface area contributed by atoms with E-state index in [1.54, 1.807) is 30.5 Å². The molecule has 0 aliphatic heterocycles. The van der Waals surface area contributed by atoms with Crippen molar-refractivity contribution in [1.82, 2.24) is 14.5 Å². The quantitative estimate of drug-likeness (QED) is 0.183. The minimum atomic E-state index is -2.82. The van der Waals surface area contributed by atoms with Crippen molar-refractivity contribution in [2.45, 2.75) is 85.4 Å². The largest absolute Gasteiger partial charge is 0.507 e. The van der Waals surface area contributed by atoms with Crippen molar-refractivity contribution in [2.75, 3.05) is 0 Å². The fourth-order valence-electron chi connectivity index (χ4n) is 7.56. The van der Waals surface area contributed by atoms with Crippen molar-refractivity contribution in [3.8, 4) is 67.5 Å². The van der Waals surface area contributed by atoms with Gasteiger partial charge in [0, 0.05) is 27.0 Å². The second-order valence-electron chi connectivity index (χ2n) is 18.5. The molecule has 0 aliphatic rings. The number of imidazole rings is 1. The molecule has 0 saturated carbocycles. The molecule has 6 aromatic carbocycles. The first-order valence-electron chi connectivity index (χ1n) is 23.6. The van der Waals surface area contributed by atoms with E-state index in [9.17, 15) is 5.11 Å². The molecule has 0 amide bonds. The molecule has 8 rings (SSSR count).